The van der Waals surface area contributed by atoms with Gasteiger partial charge in [-0.25, -0.2) is 9.67 Å². The molecule has 0 bridgehead atoms. The zero-order chi connectivity index (χ0) is 20.3. The number of nitrogens with one attached hydrogen (secondary N) is 1. The Morgan fingerprint density at radius 1 is 1.18 bits per heavy atom. The Morgan fingerprint density at radius 3 is 2.50 bits per heavy atom. The lowest BCUT2D eigenvalue weighted by Gasteiger charge is -2.15. The number of carbonyl (C=O) groups is 1. The Labute approximate surface area is 159 Å². The summed E-state index contributed by atoms with van der Waals surface area (Å²) in [7, 11) is 0. The van der Waals surface area contributed by atoms with Crippen LogP contribution in [0.3, 0.4) is 0 Å². The van der Waals surface area contributed by atoms with E-state index in [2.05, 4.69) is 20.1 Å². The third kappa shape index (κ3) is 4.48. The van der Waals surface area contributed by atoms with Gasteiger partial charge >= 0.3 is 6.36 Å². The van der Waals surface area contributed by atoms with Crippen molar-refractivity contribution in [3.63, 3.8) is 0 Å². The predicted molar refractivity (Wildman–Crippen MR) is 95.1 cm³/mol. The molecule has 1 amide bonds. The number of pyridine rings is 1. The monoisotopic (exact) mass is 390 g/mol. The van der Waals surface area contributed by atoms with Crippen LogP contribution in [0.15, 0.2) is 54.9 Å². The molecule has 0 aliphatic carbocycles. The summed E-state index contributed by atoms with van der Waals surface area (Å²) in [5, 5.41) is 7.01. The number of halogens is 3. The lowest BCUT2D eigenvalue weighted by Crippen LogP contribution is -2.27. The molecular formula is C19H17F3N4O2. The van der Waals surface area contributed by atoms with Gasteiger partial charge in [-0.05, 0) is 43.7 Å². The molecule has 9 heteroatoms. The van der Waals surface area contributed by atoms with E-state index in [-0.39, 0.29) is 11.7 Å². The van der Waals surface area contributed by atoms with Gasteiger partial charge in [-0.2, -0.15) is 5.10 Å². The third-order valence-corrected chi connectivity index (χ3v) is 4.08. The normalized spacial score (nSPS) is 12.5. The summed E-state index contributed by atoms with van der Waals surface area (Å²) in [6, 6.07) is 10.3. The maximum atomic E-state index is 12.6. The number of nitrogens with zero attached hydrogens (tertiary/aromatic N) is 3. The second-order valence-corrected chi connectivity index (χ2v) is 6.06. The molecule has 2 heterocycles. The summed E-state index contributed by atoms with van der Waals surface area (Å²) in [6.45, 7) is 3.49. The van der Waals surface area contributed by atoms with E-state index in [0.29, 0.717) is 22.6 Å². The molecule has 1 N–H and O–H groups in total. The molecule has 0 aliphatic rings. The molecule has 0 radical (unpaired) electrons. The standard InChI is InChI=1S/C19H17F3N4O2/c1-12(14-6-8-15(9-7-14)28-19(20,21)22)25-18(27)16-11-24-26(13(16)2)17-5-3-4-10-23-17/h3-12H,1-2H3,(H,25,27). The topological polar surface area (TPSA) is 69.0 Å². The molecule has 146 valence electrons. The number of carbonyl (C=O) groups excluding carboxylic acids is 1. The minimum atomic E-state index is -4.74. The fraction of sp³-hybridized carbons (Fsp3) is 0.211. The molecule has 1 aromatic carbocycles. The average Bonchev–Trinajstić information content (AvgIpc) is 3.03. The first kappa shape index (κ1) is 19.4. The van der Waals surface area contributed by atoms with E-state index in [0.717, 1.165) is 0 Å². The van der Waals surface area contributed by atoms with Crippen molar-refractivity contribution in [3.05, 3.63) is 71.7 Å². The van der Waals surface area contributed by atoms with E-state index in [1.807, 2.05) is 6.07 Å². The molecule has 3 aromatic rings. The van der Waals surface area contributed by atoms with Crippen molar-refractivity contribution in [2.75, 3.05) is 0 Å². The summed E-state index contributed by atoms with van der Waals surface area (Å²) in [6.07, 6.45) is -1.66. The highest BCUT2D eigenvalue weighted by Crippen LogP contribution is 2.24. The SMILES string of the molecule is Cc1c(C(=O)NC(C)c2ccc(OC(F)(F)F)cc2)cnn1-c1ccccn1. The third-order valence-electron chi connectivity index (χ3n) is 4.08. The minimum absolute atomic E-state index is 0.317. The molecule has 2 aromatic heterocycles. The second kappa shape index (κ2) is 7.71. The highest BCUT2D eigenvalue weighted by molar-refractivity contribution is 5.95. The Bertz CT molecular complexity index is 954. The number of hydrogen-bond acceptors (Lipinski definition) is 4. The number of rotatable bonds is 5. The van der Waals surface area contributed by atoms with Gasteiger partial charge < -0.3 is 10.1 Å². The Balaban J connectivity index is 1.70. The van der Waals surface area contributed by atoms with Gasteiger partial charge in [0.05, 0.1) is 23.5 Å². The first-order valence-corrected chi connectivity index (χ1v) is 8.37. The van der Waals surface area contributed by atoms with Crippen LogP contribution in [-0.4, -0.2) is 27.0 Å². The van der Waals surface area contributed by atoms with Crippen molar-refractivity contribution >= 4 is 5.91 Å². The van der Waals surface area contributed by atoms with E-state index in [1.165, 1.54) is 30.5 Å². The molecular weight excluding hydrogens is 373 g/mol. The maximum Gasteiger partial charge on any atom is 0.573 e. The van der Waals surface area contributed by atoms with Crippen LogP contribution in [0.2, 0.25) is 0 Å². The summed E-state index contributed by atoms with van der Waals surface area (Å²) < 4.78 is 42.1. The first-order valence-electron chi connectivity index (χ1n) is 8.37. The number of hydrogen-bond donors (Lipinski definition) is 1. The molecule has 0 aliphatic heterocycles. The van der Waals surface area contributed by atoms with Crippen molar-refractivity contribution in [2.45, 2.75) is 26.3 Å². The van der Waals surface area contributed by atoms with Gasteiger partial charge in [0.25, 0.3) is 5.91 Å². The molecule has 0 saturated heterocycles. The molecule has 1 unspecified atom stereocenters. The van der Waals surface area contributed by atoms with Gasteiger partial charge in [0.2, 0.25) is 0 Å². The van der Waals surface area contributed by atoms with Crippen LogP contribution in [0.25, 0.3) is 5.82 Å². The number of alkyl halides is 3. The van der Waals surface area contributed by atoms with E-state index in [1.54, 1.807) is 36.9 Å². The van der Waals surface area contributed by atoms with E-state index >= 15 is 0 Å². The van der Waals surface area contributed by atoms with Crippen molar-refractivity contribution in [1.82, 2.24) is 20.1 Å². The van der Waals surface area contributed by atoms with E-state index in [9.17, 15) is 18.0 Å². The lowest BCUT2D eigenvalue weighted by molar-refractivity contribution is -0.274. The molecule has 1 atom stereocenters. The zero-order valence-electron chi connectivity index (χ0n) is 15.1. The van der Waals surface area contributed by atoms with Crippen LogP contribution in [0.5, 0.6) is 5.75 Å². The van der Waals surface area contributed by atoms with Crippen LogP contribution in [0, 0.1) is 6.92 Å². The summed E-state index contributed by atoms with van der Waals surface area (Å²) in [4.78, 5) is 16.8. The number of benzene rings is 1. The van der Waals surface area contributed by atoms with Crippen molar-refractivity contribution in [3.8, 4) is 11.6 Å². The summed E-state index contributed by atoms with van der Waals surface area (Å²) in [5.41, 5.74) is 1.64. The molecule has 0 fully saturated rings. The van der Waals surface area contributed by atoms with Gasteiger partial charge in [-0.1, -0.05) is 18.2 Å². The molecule has 0 saturated carbocycles. The van der Waals surface area contributed by atoms with Crippen molar-refractivity contribution in [1.29, 1.82) is 0 Å². The highest BCUT2D eigenvalue weighted by Gasteiger charge is 2.31. The molecule has 3 rings (SSSR count). The van der Waals surface area contributed by atoms with Crippen molar-refractivity contribution in [2.24, 2.45) is 0 Å². The number of aromatic nitrogens is 3. The Hall–Kier alpha value is -3.36. The minimum Gasteiger partial charge on any atom is -0.406 e. The highest BCUT2D eigenvalue weighted by atomic mass is 19.4. The van der Waals surface area contributed by atoms with Gasteiger partial charge in [-0.3, -0.25) is 4.79 Å². The molecule has 0 spiro atoms. The van der Waals surface area contributed by atoms with Crippen LogP contribution in [0.1, 0.15) is 34.6 Å². The Morgan fingerprint density at radius 2 is 1.89 bits per heavy atom. The fourth-order valence-corrected chi connectivity index (χ4v) is 2.66. The fourth-order valence-electron chi connectivity index (χ4n) is 2.66. The second-order valence-electron chi connectivity index (χ2n) is 6.06. The van der Waals surface area contributed by atoms with Crippen LogP contribution < -0.4 is 10.1 Å². The summed E-state index contributed by atoms with van der Waals surface area (Å²) in [5.74, 6) is -0.0718. The van der Waals surface area contributed by atoms with E-state index < -0.39 is 12.4 Å². The molecule has 6 nitrogen and oxygen atoms in total. The van der Waals surface area contributed by atoms with Crippen LogP contribution >= 0.6 is 0 Å². The quantitative estimate of drug-likeness (QED) is 0.716. The van der Waals surface area contributed by atoms with Crippen LogP contribution in [-0.2, 0) is 0 Å². The smallest absolute Gasteiger partial charge is 0.406 e. The largest absolute Gasteiger partial charge is 0.573 e. The lowest BCUT2D eigenvalue weighted by atomic mass is 10.1. The Kier molecular flexibility index (Phi) is 5.34. The van der Waals surface area contributed by atoms with Gasteiger partial charge in [0.1, 0.15) is 5.75 Å². The summed E-state index contributed by atoms with van der Waals surface area (Å²) >= 11 is 0. The molecule has 28 heavy (non-hydrogen) atoms. The van der Waals surface area contributed by atoms with E-state index in [4.69, 9.17) is 0 Å². The number of ether oxygens (including phenoxy) is 1. The van der Waals surface area contributed by atoms with Crippen molar-refractivity contribution < 1.29 is 22.7 Å². The van der Waals surface area contributed by atoms with Gasteiger partial charge in [0.15, 0.2) is 5.82 Å². The zero-order valence-corrected chi connectivity index (χ0v) is 15.1. The maximum absolute atomic E-state index is 12.6. The average molecular weight is 390 g/mol. The number of amides is 1. The van der Waals surface area contributed by atoms with Gasteiger partial charge in [-0.15, -0.1) is 13.2 Å². The van der Waals surface area contributed by atoms with Crippen LogP contribution in [0.4, 0.5) is 13.2 Å². The van der Waals surface area contributed by atoms with Gasteiger partial charge in [0, 0.05) is 6.20 Å². The predicted octanol–water partition coefficient (Wildman–Crippen LogP) is 3.97. The first-order chi connectivity index (χ1) is 13.2.